The van der Waals surface area contributed by atoms with Crippen LogP contribution in [0.2, 0.25) is 0 Å². The number of nitrogens with zero attached hydrogens (tertiary/aromatic N) is 4. The van der Waals surface area contributed by atoms with E-state index in [0.29, 0.717) is 0 Å². The number of aryl methyl sites for hydroxylation is 2. The molecule has 2 aromatic heterocycles. The third-order valence-corrected chi connectivity index (χ3v) is 3.93. The molecule has 5 heteroatoms. The zero-order valence-corrected chi connectivity index (χ0v) is 13.1. The minimum atomic E-state index is 0.770. The molecule has 1 aromatic carbocycles. The van der Waals surface area contributed by atoms with Gasteiger partial charge in [0.25, 0.3) is 0 Å². The van der Waals surface area contributed by atoms with Crippen LogP contribution in [0.1, 0.15) is 11.1 Å². The molecule has 0 N–H and O–H groups in total. The topological polar surface area (TPSA) is 43.6 Å². The summed E-state index contributed by atoms with van der Waals surface area (Å²) >= 11 is 1.58. The molecule has 0 spiro atoms. The molecule has 0 saturated heterocycles. The summed E-state index contributed by atoms with van der Waals surface area (Å²) in [7, 11) is 0. The smallest absolute Gasteiger partial charge is 0.195 e. The first-order chi connectivity index (χ1) is 10.2. The maximum Gasteiger partial charge on any atom is 0.195 e. The van der Waals surface area contributed by atoms with E-state index in [9.17, 15) is 0 Å². The van der Waals surface area contributed by atoms with Crippen LogP contribution in [-0.2, 0) is 0 Å². The van der Waals surface area contributed by atoms with Crippen molar-refractivity contribution in [1.29, 1.82) is 0 Å². The highest BCUT2D eigenvalue weighted by Crippen LogP contribution is 2.27. The summed E-state index contributed by atoms with van der Waals surface area (Å²) in [5, 5.41) is 9.48. The molecular weight excluding hydrogens is 280 g/mol. The summed E-state index contributed by atoms with van der Waals surface area (Å²) in [6.07, 6.45) is 3.78. The van der Waals surface area contributed by atoms with Gasteiger partial charge in [0, 0.05) is 6.20 Å². The fourth-order valence-corrected chi connectivity index (χ4v) is 2.83. The van der Waals surface area contributed by atoms with Crippen LogP contribution < -0.4 is 0 Å². The molecule has 0 bridgehead atoms. The van der Waals surface area contributed by atoms with Gasteiger partial charge < -0.3 is 0 Å². The van der Waals surface area contributed by atoms with Crippen LogP contribution in [0.5, 0.6) is 0 Å². The Morgan fingerprint density at radius 2 is 1.90 bits per heavy atom. The Bertz CT molecular complexity index is 765. The molecule has 0 fully saturated rings. The summed E-state index contributed by atoms with van der Waals surface area (Å²) in [6, 6.07) is 12.2. The lowest BCUT2D eigenvalue weighted by Crippen LogP contribution is -2.02. The first-order valence-corrected chi connectivity index (χ1v) is 7.91. The van der Waals surface area contributed by atoms with Gasteiger partial charge in [0.1, 0.15) is 5.69 Å². The molecule has 0 amide bonds. The van der Waals surface area contributed by atoms with Crippen molar-refractivity contribution in [3.8, 4) is 17.2 Å². The van der Waals surface area contributed by atoms with E-state index in [1.165, 1.54) is 11.1 Å². The first-order valence-electron chi connectivity index (χ1n) is 6.69. The molecule has 0 unspecified atom stereocenters. The van der Waals surface area contributed by atoms with Gasteiger partial charge in [-0.3, -0.25) is 9.55 Å². The number of thioether (sulfide) groups is 1. The highest BCUT2D eigenvalue weighted by molar-refractivity contribution is 7.98. The van der Waals surface area contributed by atoms with Gasteiger partial charge in [-0.05, 0) is 43.9 Å². The van der Waals surface area contributed by atoms with Gasteiger partial charge in [0.15, 0.2) is 11.0 Å². The molecule has 3 rings (SSSR count). The van der Waals surface area contributed by atoms with Gasteiger partial charge in [-0.25, -0.2) is 0 Å². The van der Waals surface area contributed by atoms with Crippen LogP contribution in [0.3, 0.4) is 0 Å². The third kappa shape index (κ3) is 2.56. The SMILES string of the molecule is CSc1nnc(-c2ccccn2)n1-c1ccc(C)cc1C. The van der Waals surface area contributed by atoms with E-state index in [2.05, 4.69) is 51.8 Å². The van der Waals surface area contributed by atoms with Crippen LogP contribution in [-0.4, -0.2) is 26.0 Å². The predicted molar refractivity (Wildman–Crippen MR) is 85.8 cm³/mol. The Morgan fingerprint density at radius 3 is 2.57 bits per heavy atom. The van der Waals surface area contributed by atoms with Gasteiger partial charge >= 0.3 is 0 Å². The zero-order valence-electron chi connectivity index (χ0n) is 12.2. The van der Waals surface area contributed by atoms with Crippen molar-refractivity contribution in [2.75, 3.05) is 6.26 Å². The Morgan fingerprint density at radius 1 is 1.05 bits per heavy atom. The molecular formula is C16H16N4S. The molecule has 0 saturated carbocycles. The Kier molecular flexibility index (Phi) is 3.75. The fourth-order valence-electron chi connectivity index (χ4n) is 2.34. The molecule has 21 heavy (non-hydrogen) atoms. The highest BCUT2D eigenvalue weighted by Gasteiger charge is 2.17. The number of aromatic nitrogens is 4. The lowest BCUT2D eigenvalue weighted by Gasteiger charge is -2.12. The largest absolute Gasteiger partial charge is 0.268 e. The van der Waals surface area contributed by atoms with Crippen LogP contribution in [0.15, 0.2) is 47.8 Å². The number of rotatable bonds is 3. The summed E-state index contributed by atoms with van der Waals surface area (Å²) in [5.74, 6) is 0.770. The van der Waals surface area contributed by atoms with Gasteiger partial charge in [-0.2, -0.15) is 0 Å². The van der Waals surface area contributed by atoms with Crippen molar-refractivity contribution in [3.05, 3.63) is 53.7 Å². The molecule has 0 aliphatic rings. The average molecular weight is 296 g/mol. The number of pyridine rings is 1. The van der Waals surface area contributed by atoms with Crippen molar-refractivity contribution in [2.24, 2.45) is 0 Å². The second kappa shape index (κ2) is 5.69. The number of hydrogen-bond donors (Lipinski definition) is 0. The maximum absolute atomic E-state index is 4.40. The second-order valence-electron chi connectivity index (χ2n) is 4.85. The lowest BCUT2D eigenvalue weighted by atomic mass is 10.1. The molecule has 3 aromatic rings. The lowest BCUT2D eigenvalue weighted by molar-refractivity contribution is 0.881. The zero-order chi connectivity index (χ0) is 14.8. The summed E-state index contributed by atoms with van der Waals surface area (Å²) in [4.78, 5) is 4.40. The monoisotopic (exact) mass is 296 g/mol. The Hall–Kier alpha value is -2.14. The van der Waals surface area contributed by atoms with Crippen molar-refractivity contribution >= 4 is 11.8 Å². The minimum Gasteiger partial charge on any atom is -0.268 e. The van der Waals surface area contributed by atoms with Crippen LogP contribution in [0, 0.1) is 13.8 Å². The molecule has 0 aliphatic heterocycles. The van der Waals surface area contributed by atoms with E-state index >= 15 is 0 Å². The van der Waals surface area contributed by atoms with E-state index in [1.807, 2.05) is 24.5 Å². The Labute approximate surface area is 128 Å². The van der Waals surface area contributed by atoms with Gasteiger partial charge in [0.05, 0.1) is 5.69 Å². The molecule has 0 atom stereocenters. The summed E-state index contributed by atoms with van der Waals surface area (Å²) < 4.78 is 2.07. The van der Waals surface area contributed by atoms with E-state index in [-0.39, 0.29) is 0 Å². The molecule has 0 radical (unpaired) electrons. The summed E-state index contributed by atoms with van der Waals surface area (Å²) in [5.41, 5.74) is 4.36. The minimum absolute atomic E-state index is 0.770. The van der Waals surface area contributed by atoms with Gasteiger partial charge in [0.2, 0.25) is 0 Å². The van der Waals surface area contributed by atoms with E-state index in [4.69, 9.17) is 0 Å². The van der Waals surface area contributed by atoms with Crippen molar-refractivity contribution < 1.29 is 0 Å². The van der Waals surface area contributed by atoms with Crippen molar-refractivity contribution in [2.45, 2.75) is 19.0 Å². The normalized spacial score (nSPS) is 10.8. The van der Waals surface area contributed by atoms with Gasteiger partial charge in [-0.1, -0.05) is 35.5 Å². The van der Waals surface area contributed by atoms with E-state index < -0.39 is 0 Å². The predicted octanol–water partition coefficient (Wildman–Crippen LogP) is 3.67. The van der Waals surface area contributed by atoms with Crippen molar-refractivity contribution in [1.82, 2.24) is 19.7 Å². The highest BCUT2D eigenvalue weighted by atomic mass is 32.2. The molecule has 0 aliphatic carbocycles. The second-order valence-corrected chi connectivity index (χ2v) is 5.62. The molecule has 2 heterocycles. The van der Waals surface area contributed by atoms with Crippen molar-refractivity contribution in [3.63, 3.8) is 0 Å². The van der Waals surface area contributed by atoms with Crippen LogP contribution in [0.25, 0.3) is 17.2 Å². The standard InChI is InChI=1S/C16H16N4S/c1-11-7-8-14(12(2)10-11)20-15(18-19-16(20)21-3)13-6-4-5-9-17-13/h4-10H,1-3H3. The number of hydrogen-bond acceptors (Lipinski definition) is 4. The van der Waals surface area contributed by atoms with E-state index in [0.717, 1.165) is 22.4 Å². The third-order valence-electron chi connectivity index (χ3n) is 3.30. The van der Waals surface area contributed by atoms with Crippen LogP contribution in [0.4, 0.5) is 0 Å². The summed E-state index contributed by atoms with van der Waals surface area (Å²) in [6.45, 7) is 4.20. The number of benzene rings is 1. The fraction of sp³-hybridized carbons (Fsp3) is 0.188. The van der Waals surface area contributed by atoms with E-state index in [1.54, 1.807) is 18.0 Å². The maximum atomic E-state index is 4.40. The first kappa shape index (κ1) is 13.8. The average Bonchev–Trinajstić information content (AvgIpc) is 2.92. The quantitative estimate of drug-likeness (QED) is 0.692. The molecule has 4 nitrogen and oxygen atoms in total. The van der Waals surface area contributed by atoms with Crippen LogP contribution >= 0.6 is 11.8 Å². The Balaban J connectivity index is 2.23. The molecule has 106 valence electrons. The van der Waals surface area contributed by atoms with Gasteiger partial charge in [-0.15, -0.1) is 10.2 Å².